The van der Waals surface area contributed by atoms with Crippen molar-refractivity contribution < 1.29 is 9.52 Å². The van der Waals surface area contributed by atoms with Crippen molar-refractivity contribution in [3.8, 4) is 0 Å². The number of aryl methyl sites for hydroxylation is 1. The van der Waals surface area contributed by atoms with Gasteiger partial charge in [-0.3, -0.25) is 0 Å². The summed E-state index contributed by atoms with van der Waals surface area (Å²) in [5.74, 6) is 0.630. The molecule has 0 amide bonds. The van der Waals surface area contributed by atoms with Gasteiger partial charge in [0.2, 0.25) is 0 Å². The van der Waals surface area contributed by atoms with Crippen LogP contribution >= 0.6 is 0 Å². The van der Waals surface area contributed by atoms with Gasteiger partial charge in [-0.25, -0.2) is 0 Å². The Kier molecular flexibility index (Phi) is 2.58. The smallest absolute Gasteiger partial charge is 0.137 e. The van der Waals surface area contributed by atoms with Crippen LogP contribution in [0.5, 0.6) is 0 Å². The second-order valence-corrected chi connectivity index (χ2v) is 5.97. The molecule has 17 heavy (non-hydrogen) atoms. The third kappa shape index (κ3) is 1.98. The molecule has 1 aromatic carbocycles. The number of benzene rings is 1. The third-order valence-corrected chi connectivity index (χ3v) is 3.61. The molecule has 2 heteroatoms. The predicted molar refractivity (Wildman–Crippen MR) is 70.0 cm³/mol. The van der Waals surface area contributed by atoms with E-state index in [0.29, 0.717) is 5.76 Å². The Balaban J connectivity index is 2.57. The number of hydrogen-bond acceptors (Lipinski definition) is 2. The molecular weight excluding hydrogens is 212 g/mol. The Labute approximate surface area is 102 Å². The lowest BCUT2D eigenvalue weighted by atomic mass is 9.76. The van der Waals surface area contributed by atoms with Gasteiger partial charge in [0.05, 0.1) is 0 Å². The highest BCUT2D eigenvalue weighted by Crippen LogP contribution is 2.40. The molecule has 1 heterocycles. The van der Waals surface area contributed by atoms with Crippen LogP contribution in [0.3, 0.4) is 0 Å². The lowest BCUT2D eigenvalue weighted by Crippen LogP contribution is -2.36. The third-order valence-electron chi connectivity index (χ3n) is 3.61. The summed E-state index contributed by atoms with van der Waals surface area (Å²) in [6, 6.07) is 7.98. The first-order valence-corrected chi connectivity index (χ1v) is 5.95. The van der Waals surface area contributed by atoms with Crippen molar-refractivity contribution in [1.82, 2.24) is 0 Å². The molecule has 92 valence electrons. The molecule has 2 rings (SSSR count). The normalized spacial score (nSPS) is 16.1. The van der Waals surface area contributed by atoms with Crippen molar-refractivity contribution in [3.05, 3.63) is 35.6 Å². The van der Waals surface area contributed by atoms with Gasteiger partial charge in [0, 0.05) is 5.39 Å². The van der Waals surface area contributed by atoms with Crippen LogP contribution in [0.1, 0.15) is 39.0 Å². The van der Waals surface area contributed by atoms with Crippen molar-refractivity contribution in [1.29, 1.82) is 0 Å². The number of furan rings is 1. The summed E-state index contributed by atoms with van der Waals surface area (Å²) < 4.78 is 5.76. The first-order chi connectivity index (χ1) is 7.72. The van der Waals surface area contributed by atoms with Gasteiger partial charge in [-0.2, -0.15) is 0 Å². The highest BCUT2D eigenvalue weighted by atomic mass is 16.4. The van der Waals surface area contributed by atoms with Gasteiger partial charge >= 0.3 is 0 Å². The summed E-state index contributed by atoms with van der Waals surface area (Å²) in [6.45, 7) is 9.87. The van der Waals surface area contributed by atoms with Gasteiger partial charge in [-0.05, 0) is 37.5 Å². The van der Waals surface area contributed by atoms with Crippen LogP contribution in [0.15, 0.2) is 28.7 Å². The molecule has 0 saturated carbocycles. The maximum Gasteiger partial charge on any atom is 0.137 e. The fourth-order valence-corrected chi connectivity index (χ4v) is 1.77. The highest BCUT2D eigenvalue weighted by molar-refractivity contribution is 5.78. The zero-order valence-electron chi connectivity index (χ0n) is 11.2. The van der Waals surface area contributed by atoms with Crippen LogP contribution in [0, 0.1) is 12.3 Å². The second-order valence-electron chi connectivity index (χ2n) is 5.97. The topological polar surface area (TPSA) is 33.4 Å². The summed E-state index contributed by atoms with van der Waals surface area (Å²) in [6.07, 6.45) is 0. The van der Waals surface area contributed by atoms with Crippen LogP contribution in [0.25, 0.3) is 11.0 Å². The highest BCUT2D eigenvalue weighted by Gasteiger charge is 2.39. The van der Waals surface area contributed by atoms with Crippen LogP contribution in [-0.4, -0.2) is 5.11 Å². The zero-order chi connectivity index (χ0) is 12.8. The van der Waals surface area contributed by atoms with Crippen molar-refractivity contribution in [3.63, 3.8) is 0 Å². The molecule has 0 fully saturated rings. The molecule has 2 nitrogen and oxygen atoms in total. The Morgan fingerprint density at radius 1 is 1.06 bits per heavy atom. The molecule has 0 spiro atoms. The first-order valence-electron chi connectivity index (χ1n) is 5.95. The number of hydrogen-bond donors (Lipinski definition) is 1. The molecule has 0 aliphatic rings. The van der Waals surface area contributed by atoms with Gasteiger partial charge in [-0.1, -0.05) is 32.4 Å². The monoisotopic (exact) mass is 232 g/mol. The Morgan fingerprint density at radius 2 is 1.71 bits per heavy atom. The number of fused-ring (bicyclic) bond motifs is 1. The fourth-order valence-electron chi connectivity index (χ4n) is 1.77. The van der Waals surface area contributed by atoms with Gasteiger partial charge in [0.15, 0.2) is 0 Å². The molecule has 1 unspecified atom stereocenters. The van der Waals surface area contributed by atoms with Gasteiger partial charge in [-0.15, -0.1) is 0 Å². The summed E-state index contributed by atoms with van der Waals surface area (Å²) in [5, 5.41) is 11.6. The lowest BCUT2D eigenvalue weighted by Gasteiger charge is -2.35. The average Bonchev–Trinajstić information content (AvgIpc) is 2.58. The van der Waals surface area contributed by atoms with Crippen molar-refractivity contribution in [2.45, 2.75) is 40.2 Å². The Morgan fingerprint density at radius 3 is 2.29 bits per heavy atom. The van der Waals surface area contributed by atoms with Crippen molar-refractivity contribution in [2.24, 2.45) is 5.41 Å². The van der Waals surface area contributed by atoms with E-state index in [4.69, 9.17) is 4.42 Å². The predicted octanol–water partition coefficient (Wildman–Crippen LogP) is 3.99. The summed E-state index contributed by atoms with van der Waals surface area (Å²) in [4.78, 5) is 0. The lowest BCUT2D eigenvalue weighted by molar-refractivity contribution is -0.0627. The second kappa shape index (κ2) is 3.61. The molecule has 1 aromatic heterocycles. The Hall–Kier alpha value is -1.28. The van der Waals surface area contributed by atoms with E-state index >= 15 is 0 Å². The fraction of sp³-hybridized carbons (Fsp3) is 0.467. The standard InChI is InChI=1S/C15H20O2/c1-10-6-7-12-11(8-10)9-13(17-12)15(5,16)14(2,3)4/h6-9,16H,1-5H3. The summed E-state index contributed by atoms with van der Waals surface area (Å²) in [7, 11) is 0. The quantitative estimate of drug-likeness (QED) is 0.806. The zero-order valence-corrected chi connectivity index (χ0v) is 11.2. The molecular formula is C15H20O2. The molecule has 0 radical (unpaired) electrons. The van der Waals surface area contributed by atoms with E-state index < -0.39 is 5.60 Å². The van der Waals surface area contributed by atoms with E-state index in [0.717, 1.165) is 11.0 Å². The molecule has 1 atom stereocenters. The van der Waals surface area contributed by atoms with E-state index in [1.807, 2.05) is 45.9 Å². The van der Waals surface area contributed by atoms with Crippen molar-refractivity contribution >= 4 is 11.0 Å². The minimum absolute atomic E-state index is 0.268. The summed E-state index contributed by atoms with van der Waals surface area (Å²) >= 11 is 0. The van der Waals surface area contributed by atoms with Crippen LogP contribution in [-0.2, 0) is 5.60 Å². The SMILES string of the molecule is Cc1ccc2oc(C(C)(O)C(C)(C)C)cc2c1. The Bertz CT molecular complexity index is 542. The molecule has 2 aromatic rings. The van der Waals surface area contributed by atoms with Crippen LogP contribution in [0.4, 0.5) is 0 Å². The minimum atomic E-state index is -0.972. The number of rotatable bonds is 1. The summed E-state index contributed by atoms with van der Waals surface area (Å²) in [5.41, 5.74) is 0.783. The largest absolute Gasteiger partial charge is 0.458 e. The number of aliphatic hydroxyl groups is 1. The van der Waals surface area contributed by atoms with Gasteiger partial charge in [0.25, 0.3) is 0 Å². The molecule has 0 bridgehead atoms. The van der Waals surface area contributed by atoms with E-state index in [9.17, 15) is 5.11 Å². The van der Waals surface area contributed by atoms with E-state index in [1.165, 1.54) is 5.56 Å². The average molecular weight is 232 g/mol. The van der Waals surface area contributed by atoms with Gasteiger partial charge in [0.1, 0.15) is 16.9 Å². The molecule has 1 N–H and O–H groups in total. The van der Waals surface area contributed by atoms with E-state index in [1.54, 1.807) is 6.92 Å². The minimum Gasteiger partial charge on any atom is -0.458 e. The molecule has 0 saturated heterocycles. The molecule has 0 aliphatic heterocycles. The first kappa shape index (κ1) is 12.2. The van der Waals surface area contributed by atoms with Crippen LogP contribution in [0.2, 0.25) is 0 Å². The maximum atomic E-state index is 10.6. The van der Waals surface area contributed by atoms with E-state index in [-0.39, 0.29) is 5.41 Å². The van der Waals surface area contributed by atoms with Gasteiger partial charge < -0.3 is 9.52 Å². The van der Waals surface area contributed by atoms with Crippen LogP contribution < -0.4 is 0 Å². The maximum absolute atomic E-state index is 10.6. The van der Waals surface area contributed by atoms with E-state index in [2.05, 4.69) is 6.07 Å². The van der Waals surface area contributed by atoms with Crippen molar-refractivity contribution in [2.75, 3.05) is 0 Å². The molecule has 0 aliphatic carbocycles.